The van der Waals surface area contributed by atoms with Crippen LogP contribution in [0.25, 0.3) is 21.9 Å². The van der Waals surface area contributed by atoms with Crippen molar-refractivity contribution in [3.05, 3.63) is 88.1 Å². The third-order valence-corrected chi connectivity index (χ3v) is 5.42. The van der Waals surface area contributed by atoms with Crippen LogP contribution in [0.4, 0.5) is 0 Å². The van der Waals surface area contributed by atoms with Crippen LogP contribution in [-0.4, -0.2) is 23.5 Å². The lowest BCUT2D eigenvalue weighted by atomic mass is 9.86. The van der Waals surface area contributed by atoms with Gasteiger partial charge in [0.15, 0.2) is 5.78 Å². The number of carbonyl (C=O) groups is 2. The number of fused-ring (bicyclic) bond motifs is 1. The number of phenols is 1. The van der Waals surface area contributed by atoms with Crippen LogP contribution in [0.1, 0.15) is 33.2 Å². The van der Waals surface area contributed by atoms with E-state index in [0.29, 0.717) is 33.0 Å². The molecule has 4 rings (SSSR count). The summed E-state index contributed by atoms with van der Waals surface area (Å²) in [5.74, 6) is -1.04. The second kappa shape index (κ2) is 7.89. The quantitative estimate of drug-likeness (QED) is 0.344. The van der Waals surface area contributed by atoms with E-state index in [0.717, 1.165) is 0 Å². The van der Waals surface area contributed by atoms with Gasteiger partial charge in [-0.3, -0.25) is 4.79 Å². The number of thiophene rings is 1. The van der Waals surface area contributed by atoms with Gasteiger partial charge in [-0.2, -0.15) is 11.3 Å². The van der Waals surface area contributed by atoms with Crippen molar-refractivity contribution in [3.63, 3.8) is 0 Å². The van der Waals surface area contributed by atoms with Crippen LogP contribution in [0.3, 0.4) is 0 Å². The zero-order chi connectivity index (χ0) is 20.4. The smallest absolute Gasteiger partial charge is 0.342 e. The molecule has 0 spiro atoms. The van der Waals surface area contributed by atoms with Crippen LogP contribution in [-0.2, 0) is 4.74 Å². The number of esters is 1. The van der Waals surface area contributed by atoms with Gasteiger partial charge in [0.05, 0.1) is 6.61 Å². The van der Waals surface area contributed by atoms with Crippen molar-refractivity contribution in [2.24, 2.45) is 0 Å². The molecular formula is C24H18O4S. The van der Waals surface area contributed by atoms with E-state index in [1.165, 1.54) is 11.3 Å². The third kappa shape index (κ3) is 3.30. The average Bonchev–Trinajstić information content (AvgIpc) is 3.28. The highest BCUT2D eigenvalue weighted by atomic mass is 32.1. The minimum absolute atomic E-state index is 0.0169. The predicted octanol–water partition coefficient (Wildman–Crippen LogP) is 5.68. The molecule has 1 aromatic heterocycles. The molecule has 29 heavy (non-hydrogen) atoms. The first-order valence-electron chi connectivity index (χ1n) is 9.20. The number of phenolic OH excluding ortho intramolecular Hbond substituents is 1. The molecule has 4 aromatic rings. The first-order valence-corrected chi connectivity index (χ1v) is 10.1. The van der Waals surface area contributed by atoms with Gasteiger partial charge in [0.2, 0.25) is 0 Å². The molecule has 0 saturated heterocycles. The van der Waals surface area contributed by atoms with Crippen molar-refractivity contribution in [3.8, 4) is 16.9 Å². The molecule has 0 amide bonds. The highest BCUT2D eigenvalue weighted by Crippen LogP contribution is 2.42. The van der Waals surface area contributed by atoms with Crippen molar-refractivity contribution in [2.45, 2.75) is 6.92 Å². The Balaban J connectivity index is 2.15. The van der Waals surface area contributed by atoms with E-state index in [4.69, 9.17) is 4.74 Å². The Morgan fingerprint density at radius 1 is 0.931 bits per heavy atom. The molecule has 3 aromatic carbocycles. The SMILES string of the molecule is CCOC(=O)c1c(-c2ccsc2)c(C(=O)c2ccccc2)c2ccccc2c1O. The number of ketones is 1. The molecule has 0 bridgehead atoms. The van der Waals surface area contributed by atoms with Gasteiger partial charge in [0, 0.05) is 22.1 Å². The molecule has 0 fully saturated rings. The Bertz CT molecular complexity index is 1190. The van der Waals surface area contributed by atoms with Gasteiger partial charge in [0.1, 0.15) is 11.3 Å². The highest BCUT2D eigenvalue weighted by Gasteiger charge is 2.29. The number of aromatic hydroxyl groups is 1. The molecular weight excluding hydrogens is 384 g/mol. The van der Waals surface area contributed by atoms with Gasteiger partial charge in [-0.1, -0.05) is 54.6 Å². The Hall–Kier alpha value is -3.44. The number of ether oxygens (including phenoxy) is 1. The monoisotopic (exact) mass is 402 g/mol. The van der Waals surface area contributed by atoms with Crippen LogP contribution < -0.4 is 0 Å². The van der Waals surface area contributed by atoms with E-state index in [9.17, 15) is 14.7 Å². The second-order valence-corrected chi connectivity index (χ2v) is 7.23. The normalized spacial score (nSPS) is 10.8. The fourth-order valence-electron chi connectivity index (χ4n) is 3.49. The van der Waals surface area contributed by atoms with Crippen molar-refractivity contribution < 1.29 is 19.4 Å². The van der Waals surface area contributed by atoms with E-state index in [1.807, 2.05) is 29.0 Å². The lowest BCUT2D eigenvalue weighted by molar-refractivity contribution is 0.0524. The van der Waals surface area contributed by atoms with Crippen molar-refractivity contribution in [1.82, 2.24) is 0 Å². The van der Waals surface area contributed by atoms with Crippen LogP contribution in [0, 0.1) is 0 Å². The van der Waals surface area contributed by atoms with Gasteiger partial charge < -0.3 is 9.84 Å². The standard InChI is InChI=1S/C24H18O4S/c1-2-28-24(27)21-19(16-12-13-29-14-16)20(22(25)15-8-4-3-5-9-15)17-10-6-7-11-18(17)23(21)26/h3-14,26H,2H2,1H3. The summed E-state index contributed by atoms with van der Waals surface area (Å²) in [6.07, 6.45) is 0. The highest BCUT2D eigenvalue weighted by molar-refractivity contribution is 7.08. The molecule has 1 heterocycles. The minimum atomic E-state index is -0.654. The fourth-order valence-corrected chi connectivity index (χ4v) is 4.13. The first-order chi connectivity index (χ1) is 14.1. The lowest BCUT2D eigenvalue weighted by Crippen LogP contribution is -2.12. The molecule has 144 valence electrons. The minimum Gasteiger partial charge on any atom is -0.506 e. The largest absolute Gasteiger partial charge is 0.506 e. The third-order valence-electron chi connectivity index (χ3n) is 4.74. The summed E-state index contributed by atoms with van der Waals surface area (Å²) in [6, 6.07) is 17.8. The maximum Gasteiger partial charge on any atom is 0.342 e. The number of rotatable bonds is 5. The summed E-state index contributed by atoms with van der Waals surface area (Å²) < 4.78 is 5.23. The summed E-state index contributed by atoms with van der Waals surface area (Å²) in [7, 11) is 0. The zero-order valence-corrected chi connectivity index (χ0v) is 16.5. The van der Waals surface area contributed by atoms with Crippen molar-refractivity contribution in [2.75, 3.05) is 6.61 Å². The predicted molar refractivity (Wildman–Crippen MR) is 115 cm³/mol. The Morgan fingerprint density at radius 2 is 1.62 bits per heavy atom. The molecule has 0 unspecified atom stereocenters. The number of hydrogen-bond acceptors (Lipinski definition) is 5. The van der Waals surface area contributed by atoms with Crippen LogP contribution in [0.15, 0.2) is 71.4 Å². The fraction of sp³-hybridized carbons (Fsp3) is 0.0833. The summed E-state index contributed by atoms with van der Waals surface area (Å²) >= 11 is 1.45. The Labute approximate surface area is 172 Å². The molecule has 0 aliphatic carbocycles. The van der Waals surface area contributed by atoms with Crippen LogP contribution >= 0.6 is 11.3 Å². The van der Waals surface area contributed by atoms with Crippen LogP contribution in [0.5, 0.6) is 5.75 Å². The number of hydrogen-bond donors (Lipinski definition) is 1. The average molecular weight is 402 g/mol. The molecule has 1 N–H and O–H groups in total. The second-order valence-electron chi connectivity index (χ2n) is 6.45. The lowest BCUT2D eigenvalue weighted by Gasteiger charge is -2.18. The maximum absolute atomic E-state index is 13.6. The van der Waals surface area contributed by atoms with Gasteiger partial charge in [-0.25, -0.2) is 4.79 Å². The zero-order valence-electron chi connectivity index (χ0n) is 15.7. The van der Waals surface area contributed by atoms with Gasteiger partial charge in [0.25, 0.3) is 0 Å². The molecule has 0 aliphatic heterocycles. The number of carbonyl (C=O) groups excluding carboxylic acids is 2. The van der Waals surface area contributed by atoms with E-state index in [-0.39, 0.29) is 23.7 Å². The molecule has 0 atom stereocenters. The summed E-state index contributed by atoms with van der Waals surface area (Å²) in [5.41, 5.74) is 2.00. The van der Waals surface area contributed by atoms with E-state index in [2.05, 4.69) is 0 Å². The summed E-state index contributed by atoms with van der Waals surface area (Å²) in [5, 5.41) is 15.7. The van der Waals surface area contributed by atoms with Crippen LogP contribution in [0.2, 0.25) is 0 Å². The maximum atomic E-state index is 13.6. The Morgan fingerprint density at radius 3 is 2.28 bits per heavy atom. The number of benzene rings is 3. The van der Waals surface area contributed by atoms with Gasteiger partial charge in [-0.15, -0.1) is 0 Å². The first kappa shape index (κ1) is 18.9. The Kier molecular flexibility index (Phi) is 5.14. The topological polar surface area (TPSA) is 63.6 Å². The van der Waals surface area contributed by atoms with E-state index < -0.39 is 5.97 Å². The molecule has 0 saturated carbocycles. The van der Waals surface area contributed by atoms with Gasteiger partial charge >= 0.3 is 5.97 Å². The van der Waals surface area contributed by atoms with E-state index >= 15 is 0 Å². The summed E-state index contributed by atoms with van der Waals surface area (Å²) in [4.78, 5) is 26.4. The van der Waals surface area contributed by atoms with E-state index in [1.54, 1.807) is 49.4 Å². The molecule has 5 heteroatoms. The van der Waals surface area contributed by atoms with Gasteiger partial charge in [-0.05, 0) is 34.7 Å². The molecule has 0 radical (unpaired) electrons. The molecule has 4 nitrogen and oxygen atoms in total. The van der Waals surface area contributed by atoms with Crippen molar-refractivity contribution in [1.29, 1.82) is 0 Å². The summed E-state index contributed by atoms with van der Waals surface area (Å²) in [6.45, 7) is 1.87. The van der Waals surface area contributed by atoms with Crippen molar-refractivity contribution >= 4 is 33.9 Å². The molecule has 0 aliphatic rings.